The Morgan fingerprint density at radius 3 is 3.00 bits per heavy atom. The van der Waals surface area contributed by atoms with Gasteiger partial charge in [-0.2, -0.15) is 0 Å². The third-order valence-electron chi connectivity index (χ3n) is 4.83. The van der Waals surface area contributed by atoms with E-state index < -0.39 is 0 Å². The van der Waals surface area contributed by atoms with Crippen molar-refractivity contribution >= 4 is 17.2 Å². The van der Waals surface area contributed by atoms with Crippen molar-refractivity contribution in [3.63, 3.8) is 0 Å². The molecule has 3 aromatic heterocycles. The van der Waals surface area contributed by atoms with Crippen molar-refractivity contribution < 1.29 is 4.79 Å². The largest absolute Gasteiger partial charge is 0.329 e. The van der Waals surface area contributed by atoms with Crippen LogP contribution in [0.15, 0.2) is 36.1 Å². The van der Waals surface area contributed by atoms with Gasteiger partial charge in [-0.05, 0) is 31.9 Å². The highest BCUT2D eigenvalue weighted by molar-refractivity contribution is 7.11. The van der Waals surface area contributed by atoms with Gasteiger partial charge in [-0.1, -0.05) is 13.0 Å². The molecule has 0 unspecified atom stereocenters. The molecule has 1 aliphatic rings. The van der Waals surface area contributed by atoms with E-state index in [0.717, 1.165) is 53.7 Å². The number of amides is 1. The van der Waals surface area contributed by atoms with Gasteiger partial charge in [-0.3, -0.25) is 9.36 Å². The molecular weight excluding hydrogens is 346 g/mol. The number of aryl methyl sites for hydroxylation is 2. The van der Waals surface area contributed by atoms with Gasteiger partial charge >= 0.3 is 0 Å². The molecule has 0 spiro atoms. The number of hydrogen-bond acceptors (Lipinski definition) is 5. The normalized spacial score (nSPS) is 17.0. The summed E-state index contributed by atoms with van der Waals surface area (Å²) in [6, 6.07) is 6.02. The van der Waals surface area contributed by atoms with Crippen LogP contribution in [0.1, 0.15) is 52.7 Å². The summed E-state index contributed by atoms with van der Waals surface area (Å²) < 4.78 is 2.01. The van der Waals surface area contributed by atoms with Crippen molar-refractivity contribution in [3.8, 4) is 5.82 Å². The third-order valence-corrected chi connectivity index (χ3v) is 5.75. The molecule has 1 fully saturated rings. The van der Waals surface area contributed by atoms with Crippen LogP contribution < -0.4 is 0 Å². The van der Waals surface area contributed by atoms with Crippen molar-refractivity contribution in [1.29, 1.82) is 0 Å². The van der Waals surface area contributed by atoms with E-state index in [9.17, 15) is 4.79 Å². The first-order chi connectivity index (χ1) is 12.7. The van der Waals surface area contributed by atoms with E-state index >= 15 is 0 Å². The molecule has 1 saturated heterocycles. The first-order valence-electron chi connectivity index (χ1n) is 8.89. The van der Waals surface area contributed by atoms with Gasteiger partial charge in [0.15, 0.2) is 0 Å². The number of imidazole rings is 1. The molecule has 0 bridgehead atoms. The quantitative estimate of drug-likeness (QED) is 0.707. The number of carbonyl (C=O) groups excluding carboxylic acids is 1. The number of rotatable bonds is 4. The van der Waals surface area contributed by atoms with E-state index in [1.54, 1.807) is 11.7 Å². The highest BCUT2D eigenvalue weighted by Crippen LogP contribution is 2.33. The van der Waals surface area contributed by atoms with Crippen molar-refractivity contribution in [2.24, 2.45) is 0 Å². The molecule has 26 heavy (non-hydrogen) atoms. The van der Waals surface area contributed by atoms with Crippen LogP contribution >= 0.6 is 11.3 Å². The van der Waals surface area contributed by atoms with Gasteiger partial charge in [-0.15, -0.1) is 11.3 Å². The van der Waals surface area contributed by atoms with E-state index in [2.05, 4.69) is 16.9 Å². The van der Waals surface area contributed by atoms with Crippen LogP contribution in [0.5, 0.6) is 0 Å². The zero-order valence-corrected chi connectivity index (χ0v) is 15.7. The Balaban J connectivity index is 1.65. The van der Waals surface area contributed by atoms with Crippen molar-refractivity contribution in [1.82, 2.24) is 24.4 Å². The van der Waals surface area contributed by atoms with Gasteiger partial charge in [-0.25, -0.2) is 15.0 Å². The minimum absolute atomic E-state index is 0.0116. The number of hydrogen-bond donors (Lipinski definition) is 0. The zero-order valence-electron chi connectivity index (χ0n) is 14.9. The van der Waals surface area contributed by atoms with E-state index in [0.29, 0.717) is 0 Å². The average molecular weight is 367 g/mol. The smallest absolute Gasteiger partial charge is 0.266 e. The summed E-state index contributed by atoms with van der Waals surface area (Å²) in [5, 5.41) is 0. The fourth-order valence-corrected chi connectivity index (χ4v) is 4.28. The first-order valence-corrected chi connectivity index (χ1v) is 9.77. The Hall–Kier alpha value is -2.54. The Morgan fingerprint density at radius 1 is 1.35 bits per heavy atom. The van der Waals surface area contributed by atoms with Crippen LogP contribution in [0.3, 0.4) is 0 Å². The minimum atomic E-state index is 0.0116. The average Bonchev–Trinajstić information content (AvgIpc) is 3.41. The predicted octanol–water partition coefficient (Wildman–Crippen LogP) is 3.57. The van der Waals surface area contributed by atoms with E-state index in [4.69, 9.17) is 4.98 Å². The van der Waals surface area contributed by atoms with Crippen molar-refractivity contribution in [3.05, 3.63) is 58.2 Å². The monoisotopic (exact) mass is 367 g/mol. The van der Waals surface area contributed by atoms with Crippen LogP contribution in [0.2, 0.25) is 0 Å². The van der Waals surface area contributed by atoms with E-state index in [-0.39, 0.29) is 11.9 Å². The molecule has 0 radical (unpaired) electrons. The molecule has 6 nitrogen and oxygen atoms in total. The second kappa shape index (κ2) is 6.99. The molecule has 0 N–H and O–H groups in total. The predicted molar refractivity (Wildman–Crippen MR) is 101 cm³/mol. The molecule has 1 amide bonds. The fraction of sp³-hybridized carbons (Fsp3) is 0.368. The van der Waals surface area contributed by atoms with Crippen LogP contribution in [-0.2, 0) is 6.42 Å². The number of carbonyl (C=O) groups is 1. The summed E-state index contributed by atoms with van der Waals surface area (Å²) in [5.74, 6) is 1.90. The molecule has 0 aromatic carbocycles. The lowest BCUT2D eigenvalue weighted by molar-refractivity contribution is 0.0737. The summed E-state index contributed by atoms with van der Waals surface area (Å²) in [7, 11) is 0. The molecule has 0 aliphatic carbocycles. The maximum atomic E-state index is 13.0. The molecule has 4 rings (SSSR count). The van der Waals surface area contributed by atoms with Crippen LogP contribution in [0.4, 0.5) is 0 Å². The first kappa shape index (κ1) is 16.9. The molecule has 7 heteroatoms. The Morgan fingerprint density at radius 2 is 2.23 bits per heavy atom. The SMILES string of the molecule is CCc1nccn1-c1cccc([C@@H]2CCCN2C(=O)c2scnc2C)n1. The number of thiazole rings is 1. The highest BCUT2D eigenvalue weighted by atomic mass is 32.1. The maximum absolute atomic E-state index is 13.0. The summed E-state index contributed by atoms with van der Waals surface area (Å²) in [5.41, 5.74) is 3.47. The Kier molecular flexibility index (Phi) is 4.55. The van der Waals surface area contributed by atoms with Crippen LogP contribution in [-0.4, -0.2) is 36.9 Å². The van der Waals surface area contributed by atoms with Gasteiger partial charge in [0.2, 0.25) is 0 Å². The van der Waals surface area contributed by atoms with Gasteiger partial charge < -0.3 is 4.90 Å². The molecule has 1 atom stereocenters. The minimum Gasteiger partial charge on any atom is -0.329 e. The standard InChI is InChI=1S/C19H21N5OS/c1-3-16-20-9-11-24(16)17-8-4-6-14(22-17)15-7-5-10-23(15)19(25)18-13(2)21-12-26-18/h4,6,8-9,11-12,15H,3,5,7,10H2,1-2H3/t15-/m0/s1. The van der Waals surface area contributed by atoms with Gasteiger partial charge in [0, 0.05) is 25.4 Å². The summed E-state index contributed by atoms with van der Waals surface area (Å²) in [4.78, 5) is 29.1. The highest BCUT2D eigenvalue weighted by Gasteiger charge is 2.33. The zero-order chi connectivity index (χ0) is 18.1. The molecule has 0 saturated carbocycles. The number of pyridine rings is 1. The number of likely N-dealkylation sites (tertiary alicyclic amines) is 1. The van der Waals surface area contributed by atoms with Crippen LogP contribution in [0, 0.1) is 6.92 Å². The Labute approximate surface area is 156 Å². The third kappa shape index (κ3) is 2.92. The fourth-order valence-electron chi connectivity index (χ4n) is 3.52. The molecule has 3 aromatic rings. The number of nitrogens with zero attached hydrogens (tertiary/aromatic N) is 5. The summed E-state index contributed by atoms with van der Waals surface area (Å²) in [6.07, 6.45) is 6.50. The van der Waals surface area contributed by atoms with E-state index in [1.807, 2.05) is 40.8 Å². The van der Waals surface area contributed by atoms with E-state index in [1.165, 1.54) is 11.3 Å². The lowest BCUT2D eigenvalue weighted by Gasteiger charge is -2.24. The second-order valence-electron chi connectivity index (χ2n) is 6.41. The van der Waals surface area contributed by atoms with Crippen molar-refractivity contribution in [2.45, 2.75) is 39.2 Å². The van der Waals surface area contributed by atoms with Crippen molar-refractivity contribution in [2.75, 3.05) is 6.54 Å². The molecule has 134 valence electrons. The lowest BCUT2D eigenvalue weighted by Crippen LogP contribution is -2.31. The van der Waals surface area contributed by atoms with Crippen LogP contribution in [0.25, 0.3) is 5.82 Å². The molecule has 4 heterocycles. The summed E-state index contributed by atoms with van der Waals surface area (Å²) in [6.45, 7) is 4.73. The lowest BCUT2D eigenvalue weighted by atomic mass is 10.1. The van der Waals surface area contributed by atoms with Gasteiger partial charge in [0.25, 0.3) is 5.91 Å². The Bertz CT molecular complexity index is 931. The molecule has 1 aliphatic heterocycles. The van der Waals surface area contributed by atoms with Gasteiger partial charge in [0.05, 0.1) is 22.9 Å². The topological polar surface area (TPSA) is 63.9 Å². The maximum Gasteiger partial charge on any atom is 0.266 e. The van der Waals surface area contributed by atoms with Gasteiger partial charge in [0.1, 0.15) is 16.5 Å². The number of aromatic nitrogens is 4. The second-order valence-corrected chi connectivity index (χ2v) is 7.27. The summed E-state index contributed by atoms with van der Waals surface area (Å²) >= 11 is 1.41. The molecular formula is C19H21N5OS.